The second-order valence-corrected chi connectivity index (χ2v) is 7.43. The van der Waals surface area contributed by atoms with E-state index in [1.54, 1.807) is 24.3 Å². The summed E-state index contributed by atoms with van der Waals surface area (Å²) in [7, 11) is 0. The Kier molecular flexibility index (Phi) is 6.27. The average Bonchev–Trinajstić information content (AvgIpc) is 2.79. The van der Waals surface area contributed by atoms with Crippen molar-refractivity contribution < 1.29 is 33.6 Å². The predicted octanol–water partition coefficient (Wildman–Crippen LogP) is 6.14. The summed E-state index contributed by atoms with van der Waals surface area (Å²) in [5, 5.41) is 29.5. The summed E-state index contributed by atoms with van der Waals surface area (Å²) < 4.78 is 32.7. The molecule has 34 heavy (non-hydrogen) atoms. The molecule has 4 rings (SSSR count). The number of rotatable bonds is 5. The highest BCUT2D eigenvalue weighted by atomic mass is 19.1. The van der Waals surface area contributed by atoms with Gasteiger partial charge in [0.2, 0.25) is 0 Å². The van der Waals surface area contributed by atoms with Crippen LogP contribution in [0.2, 0.25) is 0 Å². The van der Waals surface area contributed by atoms with Crippen molar-refractivity contribution >= 4 is 18.1 Å². The minimum atomic E-state index is -0.930. The van der Waals surface area contributed by atoms with Crippen LogP contribution in [0.1, 0.15) is 21.5 Å². The largest absolute Gasteiger partial charge is 0.508 e. The molecule has 0 fully saturated rings. The van der Waals surface area contributed by atoms with Gasteiger partial charge >= 0.3 is 5.97 Å². The first-order valence-electron chi connectivity index (χ1n) is 10.1. The molecule has 0 unspecified atom stereocenters. The molecule has 0 aromatic heterocycles. The Morgan fingerprint density at radius 3 is 2.21 bits per heavy atom. The van der Waals surface area contributed by atoms with Gasteiger partial charge in [0.25, 0.3) is 0 Å². The highest BCUT2D eigenvalue weighted by molar-refractivity contribution is 5.95. The molecule has 0 heterocycles. The first-order chi connectivity index (χ1) is 16.3. The molecule has 7 heteroatoms. The van der Waals surface area contributed by atoms with Crippen molar-refractivity contribution in [2.75, 3.05) is 0 Å². The van der Waals surface area contributed by atoms with Crippen molar-refractivity contribution in [3.63, 3.8) is 0 Å². The van der Waals surface area contributed by atoms with Gasteiger partial charge in [-0.15, -0.1) is 0 Å². The molecule has 0 saturated heterocycles. The van der Waals surface area contributed by atoms with E-state index in [4.69, 9.17) is 4.74 Å². The van der Waals surface area contributed by atoms with Gasteiger partial charge in [0.05, 0.1) is 0 Å². The fourth-order valence-corrected chi connectivity index (χ4v) is 3.29. The standard InChI is InChI=1S/C27H18F2O5/c28-19-6-9-23(25(29)14-19)18-5-10-26(32)24(13-18)27(33)34-22-12-17(11-21(31)15-22)2-1-16-3-7-20(30)8-4-16/h1-15,30-32H/b2-1+. The summed E-state index contributed by atoms with van der Waals surface area (Å²) in [5.41, 5.74) is 1.40. The van der Waals surface area contributed by atoms with Gasteiger partial charge in [0, 0.05) is 17.7 Å². The lowest BCUT2D eigenvalue weighted by atomic mass is 10.0. The molecular formula is C27H18F2O5. The molecule has 5 nitrogen and oxygen atoms in total. The quantitative estimate of drug-likeness (QED) is 0.189. The molecule has 0 saturated carbocycles. The number of aromatic hydroxyl groups is 3. The Hall–Kier alpha value is -4.65. The van der Waals surface area contributed by atoms with E-state index in [1.165, 1.54) is 54.6 Å². The van der Waals surface area contributed by atoms with Crippen LogP contribution in [0.25, 0.3) is 23.3 Å². The third-order valence-electron chi connectivity index (χ3n) is 4.94. The fourth-order valence-electron chi connectivity index (χ4n) is 3.29. The first kappa shape index (κ1) is 22.5. The van der Waals surface area contributed by atoms with Crippen molar-refractivity contribution in [1.82, 2.24) is 0 Å². The van der Waals surface area contributed by atoms with Gasteiger partial charge in [0.1, 0.15) is 40.2 Å². The topological polar surface area (TPSA) is 87.0 Å². The Bertz CT molecular complexity index is 1400. The predicted molar refractivity (Wildman–Crippen MR) is 124 cm³/mol. The summed E-state index contributed by atoms with van der Waals surface area (Å²) in [5.74, 6) is -2.86. The molecule has 3 N–H and O–H groups in total. The van der Waals surface area contributed by atoms with Crippen molar-refractivity contribution in [1.29, 1.82) is 0 Å². The van der Waals surface area contributed by atoms with E-state index in [0.29, 0.717) is 5.56 Å². The Labute approximate surface area is 193 Å². The van der Waals surface area contributed by atoms with E-state index in [9.17, 15) is 28.9 Å². The third-order valence-corrected chi connectivity index (χ3v) is 4.94. The van der Waals surface area contributed by atoms with E-state index in [0.717, 1.165) is 17.7 Å². The number of benzene rings is 4. The van der Waals surface area contributed by atoms with E-state index < -0.39 is 17.6 Å². The number of halogens is 2. The number of hydrogen-bond acceptors (Lipinski definition) is 5. The summed E-state index contributed by atoms with van der Waals surface area (Å²) in [6, 6.07) is 17.6. The molecule has 4 aromatic carbocycles. The molecular weight excluding hydrogens is 442 g/mol. The van der Waals surface area contributed by atoms with Crippen LogP contribution >= 0.6 is 0 Å². The number of phenolic OH excluding ortho intramolecular Hbond substituents is 3. The summed E-state index contributed by atoms with van der Waals surface area (Å²) >= 11 is 0. The third kappa shape index (κ3) is 5.21. The van der Waals surface area contributed by atoms with Gasteiger partial charge in [0.15, 0.2) is 0 Å². The molecule has 0 aliphatic rings. The van der Waals surface area contributed by atoms with Crippen LogP contribution in [0, 0.1) is 11.6 Å². The lowest BCUT2D eigenvalue weighted by molar-refractivity contribution is 0.0731. The maximum absolute atomic E-state index is 14.2. The Balaban J connectivity index is 1.58. The molecule has 0 spiro atoms. The maximum atomic E-state index is 14.2. The molecule has 4 aromatic rings. The second-order valence-electron chi connectivity index (χ2n) is 7.43. The van der Waals surface area contributed by atoms with Crippen LogP contribution in [0.15, 0.2) is 78.9 Å². The fraction of sp³-hybridized carbons (Fsp3) is 0. The molecule has 0 aliphatic heterocycles. The number of carbonyl (C=O) groups excluding carboxylic acids is 1. The minimum absolute atomic E-state index is 0.0214. The highest BCUT2D eigenvalue weighted by Crippen LogP contribution is 2.30. The number of ether oxygens (including phenoxy) is 1. The zero-order chi connectivity index (χ0) is 24.2. The van der Waals surface area contributed by atoms with Crippen LogP contribution in [0.5, 0.6) is 23.0 Å². The molecule has 170 valence electrons. The second kappa shape index (κ2) is 9.46. The van der Waals surface area contributed by atoms with Crippen LogP contribution in [-0.2, 0) is 0 Å². The van der Waals surface area contributed by atoms with Crippen molar-refractivity contribution in [2.24, 2.45) is 0 Å². The van der Waals surface area contributed by atoms with Gasteiger partial charge in [-0.05, 0) is 65.2 Å². The first-order valence-corrected chi connectivity index (χ1v) is 10.1. The van der Waals surface area contributed by atoms with Gasteiger partial charge in [-0.3, -0.25) is 0 Å². The van der Waals surface area contributed by atoms with Crippen LogP contribution < -0.4 is 4.74 Å². The zero-order valence-corrected chi connectivity index (χ0v) is 17.6. The van der Waals surface area contributed by atoms with E-state index in [1.807, 2.05) is 0 Å². The SMILES string of the molecule is O=C(Oc1cc(O)cc(/C=C/c2ccc(O)cc2)c1)c1cc(-c2ccc(F)cc2F)ccc1O. The van der Waals surface area contributed by atoms with E-state index >= 15 is 0 Å². The lowest BCUT2D eigenvalue weighted by Gasteiger charge is -2.10. The normalized spacial score (nSPS) is 11.0. The number of phenols is 3. The molecule has 0 atom stereocenters. The summed E-state index contributed by atoms with van der Waals surface area (Å²) in [4.78, 5) is 12.7. The monoisotopic (exact) mass is 460 g/mol. The van der Waals surface area contributed by atoms with Crippen LogP contribution in [0.4, 0.5) is 8.78 Å². The summed E-state index contributed by atoms with van der Waals surface area (Å²) in [6.07, 6.45) is 3.42. The van der Waals surface area contributed by atoms with Crippen molar-refractivity contribution in [3.8, 4) is 34.1 Å². The Morgan fingerprint density at radius 2 is 1.47 bits per heavy atom. The lowest BCUT2D eigenvalue weighted by Crippen LogP contribution is -2.09. The van der Waals surface area contributed by atoms with E-state index in [2.05, 4.69) is 0 Å². The number of carbonyl (C=O) groups is 1. The van der Waals surface area contributed by atoms with E-state index in [-0.39, 0.29) is 39.7 Å². The smallest absolute Gasteiger partial charge is 0.347 e. The minimum Gasteiger partial charge on any atom is -0.508 e. The molecule has 0 radical (unpaired) electrons. The van der Waals surface area contributed by atoms with Gasteiger partial charge in [-0.2, -0.15) is 0 Å². The summed E-state index contributed by atoms with van der Waals surface area (Å²) in [6.45, 7) is 0. The maximum Gasteiger partial charge on any atom is 0.347 e. The molecule has 0 bridgehead atoms. The molecule has 0 aliphatic carbocycles. The van der Waals surface area contributed by atoms with Crippen LogP contribution in [0.3, 0.4) is 0 Å². The number of hydrogen-bond donors (Lipinski definition) is 3. The molecule has 0 amide bonds. The number of esters is 1. The average molecular weight is 460 g/mol. The van der Waals surface area contributed by atoms with Crippen LogP contribution in [-0.4, -0.2) is 21.3 Å². The zero-order valence-electron chi connectivity index (χ0n) is 17.6. The van der Waals surface area contributed by atoms with Crippen molar-refractivity contribution in [3.05, 3.63) is 107 Å². The van der Waals surface area contributed by atoms with Gasteiger partial charge in [-0.1, -0.05) is 30.4 Å². The Morgan fingerprint density at radius 1 is 0.735 bits per heavy atom. The van der Waals surface area contributed by atoms with Gasteiger partial charge < -0.3 is 20.1 Å². The highest BCUT2D eigenvalue weighted by Gasteiger charge is 2.17. The van der Waals surface area contributed by atoms with Gasteiger partial charge in [-0.25, -0.2) is 13.6 Å². The van der Waals surface area contributed by atoms with Crippen molar-refractivity contribution in [2.45, 2.75) is 0 Å².